The second-order valence-electron chi connectivity index (χ2n) is 3.95. The molecule has 2 rings (SSSR count). The molecule has 0 aliphatic carbocycles. The predicted octanol–water partition coefficient (Wildman–Crippen LogP) is 3.31. The van der Waals surface area contributed by atoms with Gasteiger partial charge in [-0.3, -0.25) is 4.98 Å². The Morgan fingerprint density at radius 2 is 2.11 bits per heavy atom. The number of anilines is 1. The average Bonchev–Trinajstić information content (AvgIpc) is 2.39. The first kappa shape index (κ1) is 13.5. The van der Waals surface area contributed by atoms with Crippen LogP contribution in [-0.4, -0.2) is 22.0 Å². The van der Waals surface area contributed by atoms with Crippen LogP contribution in [0.15, 0.2) is 24.5 Å². The highest BCUT2D eigenvalue weighted by molar-refractivity contribution is 6.30. The highest BCUT2D eigenvalue weighted by atomic mass is 35.5. The Morgan fingerprint density at radius 1 is 1.26 bits per heavy atom. The molecule has 0 radical (unpaired) electrons. The van der Waals surface area contributed by atoms with E-state index in [-0.39, 0.29) is 0 Å². The van der Waals surface area contributed by atoms with E-state index in [9.17, 15) is 0 Å². The second-order valence-corrected chi connectivity index (χ2v) is 4.39. The van der Waals surface area contributed by atoms with Gasteiger partial charge in [0.15, 0.2) is 0 Å². The van der Waals surface area contributed by atoms with Gasteiger partial charge in [0.25, 0.3) is 0 Å². The van der Waals surface area contributed by atoms with Crippen molar-refractivity contribution in [2.75, 3.05) is 12.4 Å². The molecule has 2 aromatic rings. The maximum atomic E-state index is 5.86. The van der Waals surface area contributed by atoms with Crippen molar-refractivity contribution < 1.29 is 4.74 Å². The summed E-state index contributed by atoms with van der Waals surface area (Å²) in [7, 11) is 1.81. The summed E-state index contributed by atoms with van der Waals surface area (Å²) < 4.78 is 5.65. The number of nitrogens with zero attached hydrogens (tertiary/aromatic N) is 3. The van der Waals surface area contributed by atoms with Crippen molar-refractivity contribution in [2.45, 2.75) is 19.8 Å². The summed E-state index contributed by atoms with van der Waals surface area (Å²) in [5, 5.41) is 3.51. The number of ether oxygens (including phenoxy) is 1. The molecule has 0 aliphatic rings. The van der Waals surface area contributed by atoms with Gasteiger partial charge in [-0.25, -0.2) is 4.98 Å². The van der Waals surface area contributed by atoms with Crippen LogP contribution in [0.4, 0.5) is 5.82 Å². The zero-order valence-corrected chi connectivity index (χ0v) is 11.6. The highest BCUT2D eigenvalue weighted by Gasteiger charge is 2.06. The molecule has 0 aliphatic heterocycles. The van der Waals surface area contributed by atoms with Gasteiger partial charge in [-0.05, 0) is 6.42 Å². The summed E-state index contributed by atoms with van der Waals surface area (Å²) in [6.45, 7) is 2.08. The van der Waals surface area contributed by atoms with Crippen molar-refractivity contribution in [3.05, 3.63) is 35.4 Å². The predicted molar refractivity (Wildman–Crippen MR) is 74.9 cm³/mol. The number of pyridine rings is 1. The Hall–Kier alpha value is -1.88. The molecule has 6 heteroatoms. The molecule has 0 amide bonds. The van der Waals surface area contributed by atoms with E-state index < -0.39 is 0 Å². The van der Waals surface area contributed by atoms with Gasteiger partial charge in [0.05, 0.1) is 11.2 Å². The van der Waals surface area contributed by atoms with Crippen LogP contribution < -0.4 is 10.1 Å². The molecule has 100 valence electrons. The molecular formula is C13H15ClN4O. The third-order valence-corrected chi connectivity index (χ3v) is 2.59. The summed E-state index contributed by atoms with van der Waals surface area (Å²) in [6.07, 6.45) is 4.92. The molecule has 2 heterocycles. The maximum absolute atomic E-state index is 5.86. The molecular weight excluding hydrogens is 264 g/mol. The van der Waals surface area contributed by atoms with Crippen molar-refractivity contribution in [2.24, 2.45) is 0 Å². The normalized spacial score (nSPS) is 10.3. The molecule has 0 unspecified atom stereocenters. The molecule has 0 atom stereocenters. The average molecular weight is 279 g/mol. The lowest BCUT2D eigenvalue weighted by Crippen LogP contribution is -2.01. The zero-order chi connectivity index (χ0) is 13.7. The van der Waals surface area contributed by atoms with E-state index in [1.165, 1.54) is 0 Å². The molecule has 0 saturated heterocycles. The smallest absolute Gasteiger partial charge is 0.224 e. The molecule has 2 aromatic heterocycles. The Kier molecular flexibility index (Phi) is 4.52. The summed E-state index contributed by atoms with van der Waals surface area (Å²) in [4.78, 5) is 12.7. The van der Waals surface area contributed by atoms with Gasteiger partial charge in [-0.1, -0.05) is 18.5 Å². The fourth-order valence-electron chi connectivity index (χ4n) is 1.56. The van der Waals surface area contributed by atoms with Gasteiger partial charge in [-0.15, -0.1) is 0 Å². The minimum absolute atomic E-state index is 0.479. The van der Waals surface area contributed by atoms with Crippen LogP contribution in [0.1, 0.15) is 19.2 Å². The van der Waals surface area contributed by atoms with E-state index in [0.29, 0.717) is 16.7 Å². The van der Waals surface area contributed by atoms with Gasteiger partial charge in [0.1, 0.15) is 17.4 Å². The Labute approximate surface area is 117 Å². The lowest BCUT2D eigenvalue weighted by molar-refractivity contribution is 0.456. The molecule has 5 nitrogen and oxygen atoms in total. The molecule has 1 N–H and O–H groups in total. The van der Waals surface area contributed by atoms with E-state index >= 15 is 0 Å². The third-order valence-electron chi connectivity index (χ3n) is 2.38. The molecule has 19 heavy (non-hydrogen) atoms. The summed E-state index contributed by atoms with van der Waals surface area (Å²) >= 11 is 5.86. The largest absolute Gasteiger partial charge is 0.437 e. The van der Waals surface area contributed by atoms with E-state index in [2.05, 4.69) is 27.2 Å². The number of rotatable bonds is 5. The number of aryl methyl sites for hydroxylation is 1. The Morgan fingerprint density at radius 3 is 2.79 bits per heavy atom. The third kappa shape index (κ3) is 3.79. The fraction of sp³-hybridized carbons (Fsp3) is 0.308. The van der Waals surface area contributed by atoms with Crippen LogP contribution in [0.25, 0.3) is 0 Å². The number of nitrogens with one attached hydrogen (secondary N) is 1. The second kappa shape index (κ2) is 6.33. The van der Waals surface area contributed by atoms with Gasteiger partial charge in [-0.2, -0.15) is 4.98 Å². The van der Waals surface area contributed by atoms with E-state index in [4.69, 9.17) is 16.3 Å². The van der Waals surface area contributed by atoms with Crippen molar-refractivity contribution in [3.63, 3.8) is 0 Å². The van der Waals surface area contributed by atoms with Crippen molar-refractivity contribution in [1.82, 2.24) is 15.0 Å². The van der Waals surface area contributed by atoms with E-state index in [1.54, 1.807) is 24.5 Å². The van der Waals surface area contributed by atoms with Crippen LogP contribution in [0, 0.1) is 0 Å². The SMILES string of the molecule is CCCc1nc(NC)cc(Oc2cncc(Cl)c2)n1. The minimum Gasteiger partial charge on any atom is -0.437 e. The lowest BCUT2D eigenvalue weighted by atomic mass is 10.3. The number of hydrogen-bond donors (Lipinski definition) is 1. The number of aromatic nitrogens is 3. The van der Waals surface area contributed by atoms with Crippen LogP contribution in [0.5, 0.6) is 11.6 Å². The highest BCUT2D eigenvalue weighted by Crippen LogP contribution is 2.23. The van der Waals surface area contributed by atoms with Crippen molar-refractivity contribution in [1.29, 1.82) is 0 Å². The quantitative estimate of drug-likeness (QED) is 0.909. The zero-order valence-electron chi connectivity index (χ0n) is 10.9. The summed E-state index contributed by atoms with van der Waals surface area (Å²) in [5.74, 6) is 2.50. The molecule has 0 aromatic carbocycles. The van der Waals surface area contributed by atoms with Gasteiger partial charge in [0, 0.05) is 31.8 Å². The van der Waals surface area contributed by atoms with Crippen molar-refractivity contribution >= 4 is 17.4 Å². The summed E-state index contributed by atoms with van der Waals surface area (Å²) in [6, 6.07) is 3.43. The van der Waals surface area contributed by atoms with Crippen LogP contribution in [0.2, 0.25) is 5.02 Å². The standard InChI is InChI=1S/C13H15ClN4O/c1-3-4-11-17-12(15-2)6-13(18-11)19-10-5-9(14)7-16-8-10/h5-8H,3-4H2,1-2H3,(H,15,17,18). The fourth-order valence-corrected chi connectivity index (χ4v) is 1.72. The van der Waals surface area contributed by atoms with Gasteiger partial charge in [0.2, 0.25) is 5.88 Å². The monoisotopic (exact) mass is 278 g/mol. The topological polar surface area (TPSA) is 59.9 Å². The van der Waals surface area contributed by atoms with E-state index in [1.807, 2.05) is 7.05 Å². The van der Waals surface area contributed by atoms with Crippen LogP contribution in [-0.2, 0) is 6.42 Å². The van der Waals surface area contributed by atoms with Crippen LogP contribution >= 0.6 is 11.6 Å². The minimum atomic E-state index is 0.479. The van der Waals surface area contributed by atoms with Gasteiger partial charge >= 0.3 is 0 Å². The first-order valence-electron chi connectivity index (χ1n) is 6.05. The number of halogens is 1. The Bertz CT molecular complexity index is 562. The first-order valence-corrected chi connectivity index (χ1v) is 6.43. The number of hydrogen-bond acceptors (Lipinski definition) is 5. The van der Waals surface area contributed by atoms with Crippen molar-refractivity contribution in [3.8, 4) is 11.6 Å². The van der Waals surface area contributed by atoms with Gasteiger partial charge < -0.3 is 10.1 Å². The lowest BCUT2D eigenvalue weighted by Gasteiger charge is -2.08. The summed E-state index contributed by atoms with van der Waals surface area (Å²) in [5.41, 5.74) is 0. The molecule has 0 bridgehead atoms. The molecule has 0 spiro atoms. The first-order chi connectivity index (χ1) is 9.21. The van der Waals surface area contributed by atoms with Crippen LogP contribution in [0.3, 0.4) is 0 Å². The molecule has 0 saturated carbocycles. The van der Waals surface area contributed by atoms with E-state index in [0.717, 1.165) is 24.5 Å². The molecule has 0 fully saturated rings. The Balaban J connectivity index is 2.26. The maximum Gasteiger partial charge on any atom is 0.224 e.